The van der Waals surface area contributed by atoms with Crippen molar-refractivity contribution in [3.8, 4) is 0 Å². The molecule has 3 heterocycles. The number of nitrogens with one attached hydrogen (secondary N) is 1. The predicted molar refractivity (Wildman–Crippen MR) is 113 cm³/mol. The third-order valence-corrected chi connectivity index (χ3v) is 5.36. The minimum atomic E-state index is -0.173. The van der Waals surface area contributed by atoms with Gasteiger partial charge in [-0.05, 0) is 38.3 Å². The fourth-order valence-electron chi connectivity index (χ4n) is 3.69. The normalized spacial score (nSPS) is 16.4. The predicted octanol–water partition coefficient (Wildman–Crippen LogP) is 3.01. The summed E-state index contributed by atoms with van der Waals surface area (Å²) < 4.78 is 2.21. The molecule has 1 aliphatic rings. The van der Waals surface area contributed by atoms with Crippen LogP contribution in [-0.2, 0) is 13.0 Å². The smallest absolute Gasteiger partial charge is 0.253 e. The van der Waals surface area contributed by atoms with Crippen molar-refractivity contribution in [3.63, 3.8) is 0 Å². The van der Waals surface area contributed by atoms with Crippen molar-refractivity contribution in [1.82, 2.24) is 30.0 Å². The highest BCUT2D eigenvalue weighted by Gasteiger charge is 2.26. The number of nitrogens with zero attached hydrogens (tertiary/aromatic N) is 5. The minimum Gasteiger partial charge on any atom is -0.342 e. The second-order valence-corrected chi connectivity index (χ2v) is 8.18. The van der Waals surface area contributed by atoms with Crippen LogP contribution in [0.1, 0.15) is 62.2 Å². The van der Waals surface area contributed by atoms with Crippen molar-refractivity contribution in [2.75, 3.05) is 19.6 Å². The zero-order chi connectivity index (χ0) is 20.8. The van der Waals surface area contributed by atoms with Crippen molar-refractivity contribution >= 4 is 5.91 Å². The molecule has 1 aliphatic heterocycles. The van der Waals surface area contributed by atoms with Gasteiger partial charge in [0.15, 0.2) is 5.82 Å². The molecule has 2 aromatic heterocycles. The first kappa shape index (κ1) is 21.2. The minimum absolute atomic E-state index is 0.125. The van der Waals surface area contributed by atoms with E-state index in [1.807, 2.05) is 0 Å². The summed E-state index contributed by atoms with van der Waals surface area (Å²) in [4.78, 5) is 19.3. The summed E-state index contributed by atoms with van der Waals surface area (Å²) >= 11 is 0. The topological polar surface area (TPSA) is 75.9 Å². The monoisotopic (exact) mass is 396 g/mol. The zero-order valence-electron chi connectivity index (χ0n) is 17.9. The fourth-order valence-corrected chi connectivity index (χ4v) is 3.69. The Morgan fingerprint density at radius 1 is 1.28 bits per heavy atom. The first-order valence-corrected chi connectivity index (χ1v) is 10.4. The lowest BCUT2D eigenvalue weighted by Gasteiger charge is -2.22. The van der Waals surface area contributed by atoms with Gasteiger partial charge in [0.05, 0.1) is 11.6 Å². The summed E-state index contributed by atoms with van der Waals surface area (Å²) in [5, 5.41) is 12.1. The van der Waals surface area contributed by atoms with Gasteiger partial charge in [-0.15, -0.1) is 10.2 Å². The van der Waals surface area contributed by atoms with E-state index in [9.17, 15) is 4.79 Å². The molecule has 0 saturated carbocycles. The number of fused-ring (bicyclic) bond motifs is 1. The molecule has 1 atom stereocenters. The maximum Gasteiger partial charge on any atom is 0.253 e. The molecule has 3 rings (SSSR count). The van der Waals surface area contributed by atoms with E-state index in [1.165, 1.54) is 5.57 Å². The van der Waals surface area contributed by atoms with Crippen LogP contribution in [0.4, 0.5) is 0 Å². The number of hydrogen-bond acceptors (Lipinski definition) is 5. The van der Waals surface area contributed by atoms with Crippen molar-refractivity contribution in [2.24, 2.45) is 5.92 Å². The van der Waals surface area contributed by atoms with Gasteiger partial charge in [0.1, 0.15) is 5.82 Å². The Balaban J connectivity index is 1.78. The molecule has 0 radical (unpaired) electrons. The summed E-state index contributed by atoms with van der Waals surface area (Å²) in [6, 6.07) is 3.38. The van der Waals surface area contributed by atoms with Crippen LogP contribution >= 0.6 is 0 Å². The van der Waals surface area contributed by atoms with Gasteiger partial charge in [0.2, 0.25) is 0 Å². The van der Waals surface area contributed by atoms with E-state index in [2.05, 4.69) is 63.7 Å². The average Bonchev–Trinajstić information content (AvgIpc) is 3.02. The summed E-state index contributed by atoms with van der Waals surface area (Å²) in [5.41, 5.74) is 1.94. The molecule has 2 aromatic rings. The molecule has 0 aromatic carbocycles. The lowest BCUT2D eigenvalue weighted by atomic mass is 10.0. The highest BCUT2D eigenvalue weighted by atomic mass is 16.1. The molecule has 0 saturated heterocycles. The van der Waals surface area contributed by atoms with Crippen LogP contribution in [0.15, 0.2) is 36.2 Å². The highest BCUT2D eigenvalue weighted by molar-refractivity contribution is 5.94. The second-order valence-electron chi connectivity index (χ2n) is 8.18. The van der Waals surface area contributed by atoms with Gasteiger partial charge in [-0.3, -0.25) is 14.7 Å². The van der Waals surface area contributed by atoms with Gasteiger partial charge >= 0.3 is 0 Å². The largest absolute Gasteiger partial charge is 0.342 e. The van der Waals surface area contributed by atoms with E-state index in [0.717, 1.165) is 50.7 Å². The summed E-state index contributed by atoms with van der Waals surface area (Å²) in [7, 11) is 0. The molecule has 156 valence electrons. The molecule has 7 heteroatoms. The van der Waals surface area contributed by atoms with Gasteiger partial charge in [0.25, 0.3) is 5.91 Å². The Morgan fingerprint density at radius 2 is 2.10 bits per heavy atom. The highest BCUT2D eigenvalue weighted by Crippen LogP contribution is 2.23. The fraction of sp³-hybridized carbons (Fsp3) is 0.545. The molecule has 0 bridgehead atoms. The van der Waals surface area contributed by atoms with Gasteiger partial charge in [-0.25, -0.2) is 0 Å². The van der Waals surface area contributed by atoms with E-state index < -0.39 is 0 Å². The number of pyridine rings is 1. The van der Waals surface area contributed by atoms with Crippen LogP contribution in [-0.4, -0.2) is 50.2 Å². The number of hydrogen-bond donors (Lipinski definition) is 1. The number of carbonyl (C=O) groups is 1. The van der Waals surface area contributed by atoms with Gasteiger partial charge in [-0.2, -0.15) is 0 Å². The number of amides is 1. The summed E-state index contributed by atoms with van der Waals surface area (Å²) in [5.74, 6) is 2.15. The zero-order valence-corrected chi connectivity index (χ0v) is 17.9. The summed E-state index contributed by atoms with van der Waals surface area (Å²) in [6.45, 7) is 12.3. The standard InChI is InChI=1S/C22H32N6O/c1-5-17(4)15-27-10-8-20-25-26-21(28(20)12-11-27)19(13-16(2)3)24-22(29)18-7-6-9-23-14-18/h5-7,9,14,16,19H,8,10-13,15H2,1-4H3,(H,24,29)/b17-5+. The maximum atomic E-state index is 12.8. The first-order chi connectivity index (χ1) is 14.0. The molecular formula is C22H32N6O. The van der Waals surface area contributed by atoms with E-state index in [1.54, 1.807) is 24.5 Å². The van der Waals surface area contributed by atoms with E-state index in [0.29, 0.717) is 11.5 Å². The molecule has 1 amide bonds. The molecule has 0 fully saturated rings. The SMILES string of the molecule is C/C=C(\C)CN1CCc2nnc(C(CC(C)C)NC(=O)c3cccnc3)n2CC1. The van der Waals surface area contributed by atoms with Crippen LogP contribution in [0.2, 0.25) is 0 Å². The number of carbonyl (C=O) groups excluding carboxylic acids is 1. The number of allylic oxidation sites excluding steroid dienone is 1. The molecule has 1 N–H and O–H groups in total. The van der Waals surface area contributed by atoms with Crippen molar-refractivity contribution in [3.05, 3.63) is 53.4 Å². The van der Waals surface area contributed by atoms with Gasteiger partial charge in [-0.1, -0.05) is 25.5 Å². The Hall–Kier alpha value is -2.54. The molecule has 29 heavy (non-hydrogen) atoms. The Bertz CT molecular complexity index is 842. The Kier molecular flexibility index (Phi) is 7.14. The van der Waals surface area contributed by atoms with Crippen LogP contribution in [0, 0.1) is 5.92 Å². The third-order valence-electron chi connectivity index (χ3n) is 5.36. The molecule has 0 spiro atoms. The molecular weight excluding hydrogens is 364 g/mol. The van der Waals surface area contributed by atoms with Crippen molar-refractivity contribution in [2.45, 2.75) is 53.1 Å². The van der Waals surface area contributed by atoms with Crippen LogP contribution in [0.25, 0.3) is 0 Å². The van der Waals surface area contributed by atoms with Gasteiger partial charge in [0, 0.05) is 45.0 Å². The van der Waals surface area contributed by atoms with E-state index in [4.69, 9.17) is 0 Å². The Morgan fingerprint density at radius 3 is 2.79 bits per heavy atom. The van der Waals surface area contributed by atoms with E-state index in [-0.39, 0.29) is 11.9 Å². The van der Waals surface area contributed by atoms with Crippen molar-refractivity contribution in [1.29, 1.82) is 0 Å². The second kappa shape index (κ2) is 9.78. The number of aromatic nitrogens is 4. The van der Waals surface area contributed by atoms with Crippen molar-refractivity contribution < 1.29 is 4.79 Å². The lowest BCUT2D eigenvalue weighted by Crippen LogP contribution is -2.32. The number of rotatable bonds is 7. The Labute approximate surface area is 173 Å². The molecule has 7 nitrogen and oxygen atoms in total. The maximum absolute atomic E-state index is 12.8. The van der Waals surface area contributed by atoms with Gasteiger partial charge < -0.3 is 9.88 Å². The van der Waals surface area contributed by atoms with E-state index >= 15 is 0 Å². The average molecular weight is 397 g/mol. The van der Waals surface area contributed by atoms with Crippen LogP contribution in [0.5, 0.6) is 0 Å². The molecule has 1 unspecified atom stereocenters. The first-order valence-electron chi connectivity index (χ1n) is 10.4. The third kappa shape index (κ3) is 5.50. The van der Waals surface area contributed by atoms with Crippen LogP contribution in [0.3, 0.4) is 0 Å². The summed E-state index contributed by atoms with van der Waals surface area (Å²) in [6.07, 6.45) is 7.11. The lowest BCUT2D eigenvalue weighted by molar-refractivity contribution is 0.0928. The quantitative estimate of drug-likeness (QED) is 0.728. The molecule has 0 aliphatic carbocycles. The van der Waals surface area contributed by atoms with Crippen LogP contribution < -0.4 is 5.32 Å².